The highest BCUT2D eigenvalue weighted by molar-refractivity contribution is 7.71. The zero-order valence-electron chi connectivity index (χ0n) is 9.82. The summed E-state index contributed by atoms with van der Waals surface area (Å²) in [6.45, 7) is 4.80. The van der Waals surface area contributed by atoms with Crippen molar-refractivity contribution in [2.45, 2.75) is 45.1 Å². The summed E-state index contributed by atoms with van der Waals surface area (Å²) < 4.78 is 6.32. The molecule has 0 amide bonds. The Kier molecular flexibility index (Phi) is 3.71. The molecular weight excluding hydrogens is 220 g/mol. The Morgan fingerprint density at radius 1 is 1.56 bits per heavy atom. The maximum atomic E-state index is 5.65. The molecule has 1 heterocycles. The molecule has 16 heavy (non-hydrogen) atoms. The summed E-state index contributed by atoms with van der Waals surface area (Å²) in [4.78, 5) is 7.75. The van der Waals surface area contributed by atoms with Gasteiger partial charge < -0.3 is 9.72 Å². The van der Waals surface area contributed by atoms with E-state index in [9.17, 15) is 0 Å². The lowest BCUT2D eigenvalue weighted by molar-refractivity contribution is 0.0532. The first-order chi connectivity index (χ1) is 7.74. The van der Waals surface area contributed by atoms with E-state index in [0.717, 1.165) is 12.2 Å². The maximum Gasteiger partial charge on any atom is 0.137 e. The van der Waals surface area contributed by atoms with Crippen molar-refractivity contribution in [3.63, 3.8) is 0 Å². The fourth-order valence-corrected chi connectivity index (χ4v) is 2.08. The fourth-order valence-electron chi connectivity index (χ4n) is 1.85. The summed E-state index contributed by atoms with van der Waals surface area (Å²) in [6, 6.07) is 1.98. The SMILES string of the molecule is CCOC(CC)c1nc(=S)cc(C2CC2)[nH]1. The molecule has 1 unspecified atom stereocenters. The molecule has 4 heteroatoms. The van der Waals surface area contributed by atoms with Gasteiger partial charge >= 0.3 is 0 Å². The second kappa shape index (κ2) is 5.06. The molecule has 3 nitrogen and oxygen atoms in total. The van der Waals surface area contributed by atoms with Crippen LogP contribution in [0.15, 0.2) is 6.07 Å². The van der Waals surface area contributed by atoms with Crippen LogP contribution in [-0.4, -0.2) is 16.6 Å². The second-order valence-electron chi connectivity index (χ2n) is 4.19. The normalized spacial score (nSPS) is 17.4. The molecule has 2 rings (SSSR count). The topological polar surface area (TPSA) is 37.9 Å². The molecule has 1 N–H and O–H groups in total. The van der Waals surface area contributed by atoms with E-state index in [4.69, 9.17) is 17.0 Å². The highest BCUT2D eigenvalue weighted by atomic mass is 32.1. The number of nitrogens with one attached hydrogen (secondary N) is 1. The molecule has 1 fully saturated rings. The molecule has 0 bridgehead atoms. The van der Waals surface area contributed by atoms with Crippen molar-refractivity contribution in [1.29, 1.82) is 0 Å². The van der Waals surface area contributed by atoms with Crippen molar-refractivity contribution in [1.82, 2.24) is 9.97 Å². The van der Waals surface area contributed by atoms with Crippen LogP contribution in [0.3, 0.4) is 0 Å². The molecule has 0 radical (unpaired) electrons. The predicted molar refractivity (Wildman–Crippen MR) is 66.1 cm³/mol. The van der Waals surface area contributed by atoms with Gasteiger partial charge in [0.25, 0.3) is 0 Å². The monoisotopic (exact) mass is 238 g/mol. The van der Waals surface area contributed by atoms with Crippen LogP contribution in [-0.2, 0) is 4.74 Å². The van der Waals surface area contributed by atoms with Crippen LogP contribution >= 0.6 is 12.2 Å². The smallest absolute Gasteiger partial charge is 0.137 e. The van der Waals surface area contributed by atoms with Gasteiger partial charge in [-0.1, -0.05) is 19.1 Å². The number of nitrogens with zero attached hydrogens (tertiary/aromatic N) is 1. The van der Waals surface area contributed by atoms with Crippen LogP contribution in [0.5, 0.6) is 0 Å². The van der Waals surface area contributed by atoms with Gasteiger partial charge in [-0.25, -0.2) is 4.98 Å². The third-order valence-electron chi connectivity index (χ3n) is 2.84. The van der Waals surface area contributed by atoms with Crippen molar-refractivity contribution in [2.75, 3.05) is 6.61 Å². The van der Waals surface area contributed by atoms with Gasteiger partial charge in [-0.2, -0.15) is 0 Å². The third-order valence-corrected chi connectivity index (χ3v) is 3.05. The minimum absolute atomic E-state index is 0.0467. The van der Waals surface area contributed by atoms with Crippen molar-refractivity contribution in [2.24, 2.45) is 0 Å². The zero-order valence-corrected chi connectivity index (χ0v) is 10.6. The summed E-state index contributed by atoms with van der Waals surface area (Å²) >= 11 is 5.20. The Morgan fingerprint density at radius 3 is 2.88 bits per heavy atom. The first kappa shape index (κ1) is 11.7. The average molecular weight is 238 g/mol. The molecule has 1 aliphatic rings. The molecule has 1 atom stereocenters. The van der Waals surface area contributed by atoms with E-state index in [1.165, 1.54) is 18.5 Å². The molecular formula is C12H18N2OS. The Labute approximate surface area is 101 Å². The fraction of sp³-hybridized carbons (Fsp3) is 0.667. The van der Waals surface area contributed by atoms with Gasteiger partial charge in [0.15, 0.2) is 0 Å². The number of aromatic amines is 1. The maximum absolute atomic E-state index is 5.65. The summed E-state index contributed by atoms with van der Waals surface area (Å²) in [6.07, 6.45) is 3.49. The van der Waals surface area contributed by atoms with Crippen LogP contribution in [0.2, 0.25) is 0 Å². The van der Waals surface area contributed by atoms with Gasteiger partial charge in [0.2, 0.25) is 0 Å². The van der Waals surface area contributed by atoms with E-state index in [0.29, 0.717) is 17.2 Å². The molecule has 0 spiro atoms. The van der Waals surface area contributed by atoms with Crippen LogP contribution in [0.1, 0.15) is 56.7 Å². The summed E-state index contributed by atoms with van der Waals surface area (Å²) in [5, 5.41) is 0. The lowest BCUT2D eigenvalue weighted by atomic mass is 10.2. The Bertz CT molecular complexity index is 412. The molecule has 1 saturated carbocycles. The molecule has 1 aromatic rings. The molecule has 0 aliphatic heterocycles. The number of hydrogen-bond donors (Lipinski definition) is 1. The van der Waals surface area contributed by atoms with E-state index in [-0.39, 0.29) is 6.10 Å². The third kappa shape index (κ3) is 2.68. The summed E-state index contributed by atoms with van der Waals surface area (Å²) in [7, 11) is 0. The van der Waals surface area contributed by atoms with E-state index in [1.807, 2.05) is 13.0 Å². The first-order valence-corrected chi connectivity index (χ1v) is 6.38. The Hall–Kier alpha value is -0.740. The van der Waals surface area contributed by atoms with Crippen LogP contribution in [0.25, 0.3) is 0 Å². The molecule has 1 aromatic heterocycles. The van der Waals surface area contributed by atoms with Gasteiger partial charge in [-0.15, -0.1) is 0 Å². The van der Waals surface area contributed by atoms with Gasteiger partial charge in [-0.3, -0.25) is 0 Å². The van der Waals surface area contributed by atoms with Crippen molar-refractivity contribution in [3.8, 4) is 0 Å². The minimum Gasteiger partial charge on any atom is -0.371 e. The predicted octanol–water partition coefficient (Wildman–Crippen LogP) is 3.50. The highest BCUT2D eigenvalue weighted by Crippen LogP contribution is 2.39. The van der Waals surface area contributed by atoms with Crippen molar-refractivity contribution >= 4 is 12.2 Å². The number of hydrogen-bond acceptors (Lipinski definition) is 3. The number of H-pyrrole nitrogens is 1. The second-order valence-corrected chi connectivity index (χ2v) is 4.60. The van der Waals surface area contributed by atoms with Crippen molar-refractivity contribution < 1.29 is 4.74 Å². The van der Waals surface area contributed by atoms with E-state index < -0.39 is 0 Å². The Balaban J connectivity index is 2.27. The lowest BCUT2D eigenvalue weighted by Gasteiger charge is -2.15. The lowest BCUT2D eigenvalue weighted by Crippen LogP contribution is -2.09. The van der Waals surface area contributed by atoms with Crippen LogP contribution in [0.4, 0.5) is 0 Å². The van der Waals surface area contributed by atoms with Crippen molar-refractivity contribution in [3.05, 3.63) is 22.2 Å². The standard InChI is InChI=1S/C12H18N2OS/c1-3-10(15-4-2)12-13-9(8-5-6-8)7-11(16)14-12/h7-8,10H,3-6H2,1-2H3,(H,13,14,16). The van der Waals surface area contributed by atoms with Gasteiger partial charge in [-0.05, 0) is 38.2 Å². The largest absolute Gasteiger partial charge is 0.371 e. The van der Waals surface area contributed by atoms with E-state index in [1.54, 1.807) is 0 Å². The highest BCUT2D eigenvalue weighted by Gasteiger charge is 2.25. The van der Waals surface area contributed by atoms with Crippen LogP contribution < -0.4 is 0 Å². The van der Waals surface area contributed by atoms with Gasteiger partial charge in [0.05, 0.1) is 0 Å². The number of rotatable bonds is 5. The quantitative estimate of drug-likeness (QED) is 0.798. The minimum atomic E-state index is 0.0467. The number of ether oxygens (including phenoxy) is 1. The van der Waals surface area contributed by atoms with Gasteiger partial charge in [0.1, 0.15) is 16.6 Å². The van der Waals surface area contributed by atoms with Crippen LogP contribution in [0, 0.1) is 4.64 Å². The van der Waals surface area contributed by atoms with E-state index in [2.05, 4.69) is 16.9 Å². The Morgan fingerprint density at radius 2 is 2.31 bits per heavy atom. The molecule has 0 aromatic carbocycles. The van der Waals surface area contributed by atoms with E-state index >= 15 is 0 Å². The number of aromatic nitrogens is 2. The van der Waals surface area contributed by atoms with Gasteiger partial charge in [0, 0.05) is 12.3 Å². The zero-order chi connectivity index (χ0) is 11.5. The first-order valence-electron chi connectivity index (χ1n) is 5.97. The average Bonchev–Trinajstić information content (AvgIpc) is 3.08. The summed E-state index contributed by atoms with van der Waals surface area (Å²) in [5.41, 5.74) is 1.23. The summed E-state index contributed by atoms with van der Waals surface area (Å²) in [5.74, 6) is 1.56. The molecule has 1 aliphatic carbocycles. The molecule has 88 valence electrons. The molecule has 0 saturated heterocycles.